The van der Waals surface area contributed by atoms with E-state index in [1.165, 1.54) is 0 Å². The van der Waals surface area contributed by atoms with E-state index in [0.29, 0.717) is 18.1 Å². The molecule has 1 aliphatic rings. The van der Waals surface area contributed by atoms with Crippen molar-refractivity contribution >= 4 is 22.9 Å². The third-order valence-corrected chi connectivity index (χ3v) is 4.07. The largest absolute Gasteiger partial charge is 0.310 e. The second-order valence-corrected chi connectivity index (χ2v) is 5.47. The van der Waals surface area contributed by atoms with Crippen LogP contribution in [-0.4, -0.2) is 15.5 Å². The van der Waals surface area contributed by atoms with E-state index < -0.39 is 0 Å². The van der Waals surface area contributed by atoms with Gasteiger partial charge >= 0.3 is 0 Å². The van der Waals surface area contributed by atoms with Crippen LogP contribution in [0, 0.1) is 17.2 Å². The van der Waals surface area contributed by atoms with Gasteiger partial charge in [0.1, 0.15) is 0 Å². The molecule has 0 bridgehead atoms. The van der Waals surface area contributed by atoms with Crippen molar-refractivity contribution in [2.75, 3.05) is 5.32 Å². The van der Waals surface area contributed by atoms with E-state index in [1.807, 2.05) is 17.6 Å². The van der Waals surface area contributed by atoms with Crippen LogP contribution in [-0.2, 0) is 11.3 Å². The summed E-state index contributed by atoms with van der Waals surface area (Å²) < 4.78 is 1.97. The van der Waals surface area contributed by atoms with Gasteiger partial charge in [-0.15, -0.1) is 0 Å². The van der Waals surface area contributed by atoms with E-state index in [1.54, 1.807) is 12.1 Å². The fraction of sp³-hybridized carbons (Fsp3) is 0.353. The molecular formula is C17H18N4O. The zero-order valence-electron chi connectivity index (χ0n) is 12.5. The van der Waals surface area contributed by atoms with Crippen molar-refractivity contribution in [3.8, 4) is 6.07 Å². The second-order valence-electron chi connectivity index (χ2n) is 5.47. The number of allylic oxidation sites excluding steroid dienone is 2. The van der Waals surface area contributed by atoms with Gasteiger partial charge in [0.2, 0.25) is 11.9 Å². The summed E-state index contributed by atoms with van der Waals surface area (Å²) in [6.07, 6.45) is 6.81. The van der Waals surface area contributed by atoms with E-state index >= 15 is 0 Å². The van der Waals surface area contributed by atoms with Crippen LogP contribution < -0.4 is 5.32 Å². The van der Waals surface area contributed by atoms with Crippen molar-refractivity contribution in [3.63, 3.8) is 0 Å². The lowest BCUT2D eigenvalue weighted by molar-refractivity contribution is -0.120. The van der Waals surface area contributed by atoms with Gasteiger partial charge in [-0.05, 0) is 44.4 Å². The molecule has 1 aliphatic carbocycles. The molecule has 1 atom stereocenters. The molecule has 5 nitrogen and oxygen atoms in total. The number of aromatic nitrogens is 2. The number of hydrogen-bond donors (Lipinski definition) is 1. The highest BCUT2D eigenvalue weighted by atomic mass is 16.2. The molecule has 3 rings (SSSR count). The number of nitrogens with one attached hydrogen (secondary N) is 1. The zero-order chi connectivity index (χ0) is 15.5. The summed E-state index contributed by atoms with van der Waals surface area (Å²) in [5.74, 6) is 0.604. The number of rotatable bonds is 3. The first-order chi connectivity index (χ1) is 10.7. The number of imidazole rings is 1. The van der Waals surface area contributed by atoms with E-state index in [9.17, 15) is 4.79 Å². The predicted octanol–water partition coefficient (Wildman–Crippen LogP) is 3.22. The van der Waals surface area contributed by atoms with E-state index in [-0.39, 0.29) is 11.8 Å². The van der Waals surface area contributed by atoms with Crippen LogP contribution >= 0.6 is 0 Å². The minimum absolute atomic E-state index is 0.0183. The minimum Gasteiger partial charge on any atom is -0.310 e. The molecule has 0 saturated heterocycles. The molecule has 0 saturated carbocycles. The fourth-order valence-corrected chi connectivity index (χ4v) is 2.86. The molecule has 1 amide bonds. The molecule has 0 radical (unpaired) electrons. The molecular weight excluding hydrogens is 276 g/mol. The maximum absolute atomic E-state index is 12.4. The second kappa shape index (κ2) is 6.02. The van der Waals surface area contributed by atoms with Gasteiger partial charge in [0.25, 0.3) is 0 Å². The quantitative estimate of drug-likeness (QED) is 0.883. The Kier molecular flexibility index (Phi) is 3.92. The van der Waals surface area contributed by atoms with Crippen molar-refractivity contribution in [2.45, 2.75) is 32.7 Å². The number of carbonyl (C=O) groups is 1. The number of aryl methyl sites for hydroxylation is 1. The lowest BCUT2D eigenvalue weighted by Gasteiger charge is -2.17. The first-order valence-electron chi connectivity index (χ1n) is 7.59. The van der Waals surface area contributed by atoms with Crippen LogP contribution in [0.2, 0.25) is 0 Å². The number of fused-ring (bicyclic) bond motifs is 1. The standard InChI is InChI=1S/C17H18N4O/c1-2-21-15-9-8-12(11-18)10-14(15)19-17(21)20-16(22)13-6-4-3-5-7-13/h3-4,8-10,13H,2,5-7H2,1H3,(H,19,20,22). The molecule has 1 heterocycles. The Morgan fingerprint density at radius 1 is 1.50 bits per heavy atom. The summed E-state index contributed by atoms with van der Waals surface area (Å²) in [4.78, 5) is 16.9. The Balaban J connectivity index is 1.91. The van der Waals surface area contributed by atoms with Crippen LogP contribution in [0.5, 0.6) is 0 Å². The number of anilines is 1. The van der Waals surface area contributed by atoms with Crippen LogP contribution in [0.15, 0.2) is 30.4 Å². The maximum atomic E-state index is 12.4. The molecule has 5 heteroatoms. The molecule has 0 spiro atoms. The number of hydrogen-bond acceptors (Lipinski definition) is 3. The molecule has 2 aromatic rings. The number of nitriles is 1. The number of nitrogens with zero attached hydrogens (tertiary/aromatic N) is 3. The smallest absolute Gasteiger partial charge is 0.230 e. The Bertz CT molecular complexity index is 782. The minimum atomic E-state index is 0.0183. The average molecular weight is 294 g/mol. The SMILES string of the molecule is CCn1c(NC(=O)C2CC=CCC2)nc2cc(C#N)ccc21. The lowest BCUT2D eigenvalue weighted by atomic mass is 9.94. The summed E-state index contributed by atoms with van der Waals surface area (Å²) in [6, 6.07) is 7.51. The average Bonchev–Trinajstić information content (AvgIpc) is 2.91. The highest BCUT2D eigenvalue weighted by molar-refractivity contribution is 5.93. The summed E-state index contributed by atoms with van der Waals surface area (Å²) in [5, 5.41) is 11.9. The van der Waals surface area contributed by atoms with E-state index in [2.05, 4.69) is 28.5 Å². The maximum Gasteiger partial charge on any atom is 0.230 e. The summed E-state index contributed by atoms with van der Waals surface area (Å²) in [5.41, 5.74) is 2.24. The van der Waals surface area contributed by atoms with E-state index in [0.717, 1.165) is 30.3 Å². The lowest BCUT2D eigenvalue weighted by Crippen LogP contribution is -2.25. The number of amides is 1. The topological polar surface area (TPSA) is 70.7 Å². The zero-order valence-corrected chi connectivity index (χ0v) is 12.5. The summed E-state index contributed by atoms with van der Waals surface area (Å²) in [7, 11) is 0. The van der Waals surface area contributed by atoms with Gasteiger partial charge in [0.05, 0.1) is 22.7 Å². The van der Waals surface area contributed by atoms with Gasteiger partial charge in [-0.25, -0.2) is 4.98 Å². The van der Waals surface area contributed by atoms with Crippen LogP contribution in [0.3, 0.4) is 0 Å². The number of carbonyl (C=O) groups excluding carboxylic acids is 1. The van der Waals surface area contributed by atoms with Crippen molar-refractivity contribution in [2.24, 2.45) is 5.92 Å². The van der Waals surface area contributed by atoms with Gasteiger partial charge in [0.15, 0.2) is 0 Å². The van der Waals surface area contributed by atoms with Gasteiger partial charge in [0, 0.05) is 12.5 Å². The Morgan fingerprint density at radius 3 is 3.05 bits per heavy atom. The van der Waals surface area contributed by atoms with Gasteiger partial charge in [-0.3, -0.25) is 10.1 Å². The van der Waals surface area contributed by atoms with Gasteiger partial charge < -0.3 is 4.57 Å². The molecule has 1 N–H and O–H groups in total. The highest BCUT2D eigenvalue weighted by Gasteiger charge is 2.21. The first-order valence-corrected chi connectivity index (χ1v) is 7.59. The van der Waals surface area contributed by atoms with Crippen LogP contribution in [0.4, 0.5) is 5.95 Å². The summed E-state index contributed by atoms with van der Waals surface area (Å²) >= 11 is 0. The molecule has 1 aromatic heterocycles. The Hall–Kier alpha value is -2.61. The monoisotopic (exact) mass is 294 g/mol. The van der Waals surface area contributed by atoms with Gasteiger partial charge in [-0.2, -0.15) is 5.26 Å². The Morgan fingerprint density at radius 2 is 2.36 bits per heavy atom. The summed E-state index contributed by atoms with van der Waals surface area (Å²) in [6.45, 7) is 2.72. The van der Waals surface area contributed by atoms with E-state index in [4.69, 9.17) is 5.26 Å². The third kappa shape index (κ3) is 2.60. The molecule has 1 aromatic carbocycles. The third-order valence-electron chi connectivity index (χ3n) is 4.07. The van der Waals surface area contributed by atoms with Crippen molar-refractivity contribution in [1.29, 1.82) is 5.26 Å². The molecule has 112 valence electrons. The van der Waals surface area contributed by atoms with Crippen molar-refractivity contribution in [3.05, 3.63) is 35.9 Å². The Labute approximate surface area is 129 Å². The highest BCUT2D eigenvalue weighted by Crippen LogP contribution is 2.23. The number of benzene rings is 1. The first kappa shape index (κ1) is 14.3. The van der Waals surface area contributed by atoms with Crippen molar-refractivity contribution in [1.82, 2.24) is 9.55 Å². The fourth-order valence-electron chi connectivity index (χ4n) is 2.86. The van der Waals surface area contributed by atoms with Crippen LogP contribution in [0.1, 0.15) is 31.7 Å². The van der Waals surface area contributed by atoms with Crippen LogP contribution in [0.25, 0.3) is 11.0 Å². The normalized spacial score (nSPS) is 17.4. The molecule has 22 heavy (non-hydrogen) atoms. The molecule has 0 aliphatic heterocycles. The van der Waals surface area contributed by atoms with Crippen molar-refractivity contribution < 1.29 is 4.79 Å². The molecule has 0 fully saturated rings. The molecule has 1 unspecified atom stereocenters. The predicted molar refractivity (Wildman–Crippen MR) is 85.2 cm³/mol. The van der Waals surface area contributed by atoms with Gasteiger partial charge in [-0.1, -0.05) is 12.2 Å².